The molecule has 4 nitrogen and oxygen atoms in total. The number of ether oxygens (including phenoxy) is 1. The average molecular weight is 633 g/mol. The zero-order valence-corrected chi connectivity index (χ0v) is 30.8. The van der Waals surface area contributed by atoms with Gasteiger partial charge in [-0.25, -0.2) is 0 Å². The van der Waals surface area contributed by atoms with Gasteiger partial charge in [-0.3, -0.25) is 4.79 Å². The van der Waals surface area contributed by atoms with Gasteiger partial charge in [0.05, 0.1) is 18.6 Å². The van der Waals surface area contributed by atoms with Crippen molar-refractivity contribution in [1.82, 2.24) is 0 Å². The lowest BCUT2D eigenvalue weighted by atomic mass is 9.32. The summed E-state index contributed by atoms with van der Waals surface area (Å²) >= 11 is 0. The monoisotopic (exact) mass is 632 g/mol. The van der Waals surface area contributed by atoms with E-state index in [0.29, 0.717) is 19.6 Å². The summed E-state index contributed by atoms with van der Waals surface area (Å²) in [6.45, 7) is 23.0. The SMILES string of the molecule is CCOC(=O)C[C@@]1(CCO[Si](c2ccccc2)(c2ccccc2)C(C)(C)C)[C@]2(C)CCC=C[C@@]2(C)CC[C@]1(C)[C@@](C)(O)C(C)C. The maximum atomic E-state index is 13.8. The van der Waals surface area contributed by atoms with Crippen molar-refractivity contribution in [2.75, 3.05) is 13.2 Å². The Morgan fingerprint density at radius 2 is 1.47 bits per heavy atom. The number of aliphatic hydroxyl groups is 1. The van der Waals surface area contributed by atoms with Crippen LogP contribution in [0.15, 0.2) is 72.8 Å². The van der Waals surface area contributed by atoms with Crippen LogP contribution in [0.2, 0.25) is 5.04 Å². The van der Waals surface area contributed by atoms with E-state index in [4.69, 9.17) is 9.16 Å². The van der Waals surface area contributed by atoms with Crippen molar-refractivity contribution >= 4 is 24.7 Å². The molecule has 2 aromatic rings. The molecule has 0 saturated heterocycles. The molecule has 248 valence electrons. The van der Waals surface area contributed by atoms with Crippen LogP contribution in [0.3, 0.4) is 0 Å². The summed E-state index contributed by atoms with van der Waals surface area (Å²) in [6, 6.07) is 21.6. The Hall–Kier alpha value is -2.21. The summed E-state index contributed by atoms with van der Waals surface area (Å²) in [4.78, 5) is 13.8. The molecular weight excluding hydrogens is 573 g/mol. The fourth-order valence-electron chi connectivity index (χ4n) is 9.69. The van der Waals surface area contributed by atoms with Crippen LogP contribution >= 0.6 is 0 Å². The number of carbonyl (C=O) groups excluding carboxylic acids is 1. The van der Waals surface area contributed by atoms with Gasteiger partial charge in [-0.1, -0.05) is 128 Å². The fourth-order valence-corrected chi connectivity index (χ4v) is 14.3. The number of benzene rings is 2. The van der Waals surface area contributed by atoms with Gasteiger partial charge in [0.2, 0.25) is 0 Å². The lowest BCUT2D eigenvalue weighted by molar-refractivity contribution is -0.264. The van der Waals surface area contributed by atoms with Gasteiger partial charge < -0.3 is 14.3 Å². The summed E-state index contributed by atoms with van der Waals surface area (Å²) in [5.41, 5.74) is -2.52. The Labute approximate surface area is 275 Å². The van der Waals surface area contributed by atoms with E-state index in [0.717, 1.165) is 25.7 Å². The van der Waals surface area contributed by atoms with E-state index in [-0.39, 0.29) is 34.2 Å². The summed E-state index contributed by atoms with van der Waals surface area (Å²) in [5, 5.41) is 14.9. The minimum atomic E-state index is -2.82. The second-order valence-electron chi connectivity index (χ2n) is 16.2. The summed E-state index contributed by atoms with van der Waals surface area (Å²) in [5.74, 6) is -0.164. The van der Waals surface area contributed by atoms with Gasteiger partial charge in [0.1, 0.15) is 0 Å². The molecule has 45 heavy (non-hydrogen) atoms. The number of esters is 1. The summed E-state index contributed by atoms with van der Waals surface area (Å²) in [6.07, 6.45) is 9.41. The lowest BCUT2D eigenvalue weighted by Gasteiger charge is -2.72. The molecule has 1 fully saturated rings. The molecule has 2 aromatic carbocycles. The van der Waals surface area contributed by atoms with E-state index in [1.807, 2.05) is 13.8 Å². The molecule has 5 atom stereocenters. The lowest BCUT2D eigenvalue weighted by Crippen LogP contribution is -2.70. The number of carbonyl (C=O) groups is 1. The Balaban J connectivity index is 1.94. The van der Waals surface area contributed by atoms with Gasteiger partial charge in [0, 0.05) is 12.0 Å². The minimum Gasteiger partial charge on any atom is -0.466 e. The molecule has 0 heterocycles. The first kappa shape index (κ1) is 35.6. The van der Waals surface area contributed by atoms with E-state index in [1.54, 1.807) is 0 Å². The molecule has 5 heteroatoms. The molecule has 0 aliphatic heterocycles. The van der Waals surface area contributed by atoms with Crippen molar-refractivity contribution in [2.45, 2.75) is 118 Å². The highest BCUT2D eigenvalue weighted by Gasteiger charge is 2.72. The Morgan fingerprint density at radius 3 is 1.96 bits per heavy atom. The topological polar surface area (TPSA) is 55.8 Å². The molecule has 0 amide bonds. The van der Waals surface area contributed by atoms with Crippen molar-refractivity contribution in [3.05, 3.63) is 72.8 Å². The molecular formula is C40H60O4Si. The van der Waals surface area contributed by atoms with Crippen LogP contribution in [-0.4, -0.2) is 38.2 Å². The van der Waals surface area contributed by atoms with Gasteiger partial charge in [0.15, 0.2) is 0 Å². The Kier molecular flexibility index (Phi) is 10.1. The van der Waals surface area contributed by atoms with Gasteiger partial charge in [-0.15, -0.1) is 0 Å². The highest BCUT2D eigenvalue weighted by atomic mass is 28.4. The molecule has 1 N–H and O–H groups in total. The number of fused-ring (bicyclic) bond motifs is 1. The van der Waals surface area contributed by atoms with E-state index >= 15 is 0 Å². The molecule has 2 aliphatic carbocycles. The standard InChI is InChI=1S/C40H60O4Si/c1-11-43-34(41)30-40(37(8)25-19-18-24-36(37,7)26-27-38(40,9)39(10,42)31(2)3)28-29-44-45(35(4,5)6,32-20-14-12-15-21-32)33-22-16-13-17-23-33/h12-18,20-24,31,42H,11,19,25-30H2,1-10H3/t36-,37+,38+,39-,40-/m0/s1. The van der Waals surface area contributed by atoms with Crippen LogP contribution in [0.25, 0.3) is 0 Å². The maximum absolute atomic E-state index is 13.8. The zero-order valence-electron chi connectivity index (χ0n) is 29.8. The fraction of sp³-hybridized carbons (Fsp3) is 0.625. The minimum absolute atomic E-state index is 0.00811. The molecule has 0 bridgehead atoms. The second-order valence-corrected chi connectivity index (χ2v) is 20.5. The van der Waals surface area contributed by atoms with Crippen LogP contribution in [0, 0.1) is 27.6 Å². The molecule has 0 aromatic heterocycles. The van der Waals surface area contributed by atoms with Crippen LogP contribution in [0.5, 0.6) is 0 Å². The van der Waals surface area contributed by atoms with E-state index in [1.165, 1.54) is 10.4 Å². The number of rotatable bonds is 11. The van der Waals surface area contributed by atoms with E-state index < -0.39 is 24.7 Å². The molecule has 0 spiro atoms. The first-order chi connectivity index (χ1) is 21.0. The molecule has 0 radical (unpaired) electrons. The van der Waals surface area contributed by atoms with Crippen LogP contribution in [-0.2, 0) is 14.0 Å². The highest BCUT2D eigenvalue weighted by Crippen LogP contribution is 2.75. The quantitative estimate of drug-likeness (QED) is 0.153. The smallest absolute Gasteiger partial charge is 0.306 e. The molecule has 1 saturated carbocycles. The van der Waals surface area contributed by atoms with Gasteiger partial charge in [-0.05, 0) is 83.5 Å². The predicted molar refractivity (Wildman–Crippen MR) is 189 cm³/mol. The van der Waals surface area contributed by atoms with Crippen molar-refractivity contribution in [2.24, 2.45) is 27.6 Å². The van der Waals surface area contributed by atoms with Gasteiger partial charge in [-0.2, -0.15) is 0 Å². The summed E-state index contributed by atoms with van der Waals surface area (Å²) in [7, 11) is -2.82. The largest absolute Gasteiger partial charge is 0.466 e. The van der Waals surface area contributed by atoms with Crippen LogP contribution < -0.4 is 10.4 Å². The second kappa shape index (κ2) is 12.8. The average Bonchev–Trinajstić information content (AvgIpc) is 2.98. The summed E-state index contributed by atoms with van der Waals surface area (Å²) < 4.78 is 13.3. The van der Waals surface area contributed by atoms with Gasteiger partial charge >= 0.3 is 5.97 Å². The Bertz CT molecular complexity index is 1290. The molecule has 0 unspecified atom stereocenters. The highest BCUT2D eigenvalue weighted by molar-refractivity contribution is 6.99. The number of hydrogen-bond donors (Lipinski definition) is 1. The van der Waals surface area contributed by atoms with Crippen molar-refractivity contribution in [3.63, 3.8) is 0 Å². The van der Waals surface area contributed by atoms with Crippen molar-refractivity contribution < 1.29 is 19.1 Å². The van der Waals surface area contributed by atoms with E-state index in [9.17, 15) is 9.90 Å². The van der Waals surface area contributed by atoms with Gasteiger partial charge in [0.25, 0.3) is 8.32 Å². The Morgan fingerprint density at radius 1 is 0.911 bits per heavy atom. The third-order valence-electron chi connectivity index (χ3n) is 13.1. The molecule has 4 rings (SSSR count). The van der Waals surface area contributed by atoms with Crippen molar-refractivity contribution in [1.29, 1.82) is 0 Å². The van der Waals surface area contributed by atoms with Crippen LogP contribution in [0.1, 0.15) is 108 Å². The number of allylic oxidation sites excluding steroid dienone is 2. The van der Waals surface area contributed by atoms with Crippen LogP contribution in [0.4, 0.5) is 0 Å². The molecule has 2 aliphatic rings. The first-order valence-corrected chi connectivity index (χ1v) is 19.2. The number of hydrogen-bond acceptors (Lipinski definition) is 4. The first-order valence-electron chi connectivity index (χ1n) is 17.3. The van der Waals surface area contributed by atoms with Crippen molar-refractivity contribution in [3.8, 4) is 0 Å². The third-order valence-corrected chi connectivity index (χ3v) is 18.1. The zero-order chi connectivity index (χ0) is 33.4. The van der Waals surface area contributed by atoms with E-state index in [2.05, 4.69) is 128 Å². The normalized spacial score (nSPS) is 30.0. The predicted octanol–water partition coefficient (Wildman–Crippen LogP) is 8.46. The maximum Gasteiger partial charge on any atom is 0.306 e. The third kappa shape index (κ3) is 5.59.